The smallest absolute Gasteiger partial charge is 0.163 e. The van der Waals surface area contributed by atoms with E-state index >= 15 is 0 Å². The summed E-state index contributed by atoms with van der Waals surface area (Å²) < 4.78 is 11.9. The molecular formula is C22H23Cl3N4O2. The Kier molecular flexibility index (Phi) is 6.24. The summed E-state index contributed by atoms with van der Waals surface area (Å²) in [6, 6.07) is 9.59. The van der Waals surface area contributed by atoms with E-state index in [2.05, 4.69) is 14.9 Å². The fraction of sp³-hybridized carbons (Fsp3) is 0.364. The van der Waals surface area contributed by atoms with Crippen LogP contribution in [0.15, 0.2) is 36.7 Å². The zero-order valence-corrected chi connectivity index (χ0v) is 19.3. The standard InChI is InChI=1S/C22H22Cl2N4O2.ClH/c1-29-20-7-16-19(26-11-27-22(16)25)8-21(20)30-15-4-12-9-28(10-13(12)5-15)14-2-3-17(23)18(24)6-14;/h2-3,6-8,11-13,15H,4-5,9-10H2,1H3,(H2,25,26,27);1H. The maximum Gasteiger partial charge on any atom is 0.163 e. The largest absolute Gasteiger partial charge is 0.493 e. The fourth-order valence-electron chi connectivity index (χ4n) is 4.75. The highest BCUT2D eigenvalue weighted by Gasteiger charge is 2.42. The number of nitrogen functional groups attached to an aromatic ring is 1. The maximum atomic E-state index is 6.37. The van der Waals surface area contributed by atoms with Gasteiger partial charge in [0.25, 0.3) is 0 Å². The lowest BCUT2D eigenvalue weighted by molar-refractivity contribution is 0.192. The highest BCUT2D eigenvalue weighted by molar-refractivity contribution is 6.42. The Morgan fingerprint density at radius 3 is 2.42 bits per heavy atom. The van der Waals surface area contributed by atoms with E-state index in [0.29, 0.717) is 39.2 Å². The maximum absolute atomic E-state index is 6.37. The molecule has 0 amide bonds. The molecule has 164 valence electrons. The average molecular weight is 482 g/mol. The van der Waals surface area contributed by atoms with E-state index in [9.17, 15) is 0 Å². The molecule has 1 aliphatic heterocycles. The van der Waals surface area contributed by atoms with Crippen molar-refractivity contribution in [1.82, 2.24) is 9.97 Å². The first-order valence-corrected chi connectivity index (χ1v) is 10.7. The van der Waals surface area contributed by atoms with E-state index < -0.39 is 0 Å². The van der Waals surface area contributed by atoms with Crippen molar-refractivity contribution in [3.05, 3.63) is 46.7 Å². The molecular weight excluding hydrogens is 459 g/mol. The number of anilines is 2. The van der Waals surface area contributed by atoms with Gasteiger partial charge in [-0.05, 0) is 48.9 Å². The summed E-state index contributed by atoms with van der Waals surface area (Å²) in [5.41, 5.74) is 7.85. The van der Waals surface area contributed by atoms with Crippen LogP contribution in [-0.2, 0) is 0 Å². The zero-order valence-electron chi connectivity index (χ0n) is 16.9. The summed E-state index contributed by atoms with van der Waals surface area (Å²) in [6.45, 7) is 2.00. The Bertz CT molecular complexity index is 1100. The summed E-state index contributed by atoms with van der Waals surface area (Å²) in [5.74, 6) is 2.97. The molecule has 2 aromatic carbocycles. The van der Waals surface area contributed by atoms with Gasteiger partial charge < -0.3 is 20.1 Å². The number of halogens is 3. The van der Waals surface area contributed by atoms with E-state index in [1.54, 1.807) is 7.11 Å². The van der Waals surface area contributed by atoms with Crippen molar-refractivity contribution in [3.8, 4) is 11.5 Å². The van der Waals surface area contributed by atoms with Crippen LogP contribution in [0.25, 0.3) is 10.9 Å². The Balaban J connectivity index is 0.00000231. The number of rotatable bonds is 4. The first-order valence-electron chi connectivity index (χ1n) is 9.96. The summed E-state index contributed by atoms with van der Waals surface area (Å²) >= 11 is 12.3. The van der Waals surface area contributed by atoms with E-state index in [-0.39, 0.29) is 18.5 Å². The van der Waals surface area contributed by atoms with Gasteiger partial charge in [-0.2, -0.15) is 0 Å². The Labute approximate surface area is 197 Å². The summed E-state index contributed by atoms with van der Waals surface area (Å²) in [7, 11) is 1.63. The van der Waals surface area contributed by atoms with Crippen LogP contribution in [0.3, 0.4) is 0 Å². The Morgan fingerprint density at radius 2 is 1.74 bits per heavy atom. The summed E-state index contributed by atoms with van der Waals surface area (Å²) in [5, 5.41) is 1.95. The molecule has 2 N–H and O–H groups in total. The van der Waals surface area contributed by atoms with Crippen LogP contribution >= 0.6 is 35.6 Å². The van der Waals surface area contributed by atoms with Gasteiger partial charge in [-0.1, -0.05) is 23.2 Å². The molecule has 0 radical (unpaired) electrons. The monoisotopic (exact) mass is 480 g/mol. The minimum atomic E-state index is 0. The highest BCUT2D eigenvalue weighted by Crippen LogP contribution is 2.43. The third kappa shape index (κ3) is 4.16. The molecule has 5 rings (SSSR count). The number of aromatic nitrogens is 2. The van der Waals surface area contributed by atoms with Gasteiger partial charge in [-0.25, -0.2) is 9.97 Å². The molecule has 1 aromatic heterocycles. The van der Waals surface area contributed by atoms with Gasteiger partial charge in [0, 0.05) is 30.2 Å². The van der Waals surface area contributed by atoms with Gasteiger partial charge >= 0.3 is 0 Å². The molecule has 2 fully saturated rings. The molecule has 1 saturated carbocycles. The molecule has 6 nitrogen and oxygen atoms in total. The summed E-state index contributed by atoms with van der Waals surface area (Å²) in [6.07, 6.45) is 3.64. The number of hydrogen-bond donors (Lipinski definition) is 1. The first-order chi connectivity index (χ1) is 14.5. The zero-order chi connectivity index (χ0) is 20.8. The number of nitrogens with two attached hydrogens (primary N) is 1. The lowest BCUT2D eigenvalue weighted by Gasteiger charge is -2.22. The topological polar surface area (TPSA) is 73.5 Å². The molecule has 1 aliphatic carbocycles. The number of methoxy groups -OCH3 is 1. The van der Waals surface area contributed by atoms with Crippen molar-refractivity contribution in [3.63, 3.8) is 0 Å². The van der Waals surface area contributed by atoms with Crippen molar-refractivity contribution < 1.29 is 9.47 Å². The number of benzene rings is 2. The first kappa shape index (κ1) is 22.1. The normalized spacial score (nSPS) is 22.3. The van der Waals surface area contributed by atoms with Crippen molar-refractivity contribution in [1.29, 1.82) is 0 Å². The fourth-order valence-corrected chi connectivity index (χ4v) is 5.04. The predicted octanol–water partition coefficient (Wildman–Crippen LogP) is 5.24. The third-order valence-corrected chi connectivity index (χ3v) is 6.96. The summed E-state index contributed by atoms with van der Waals surface area (Å²) in [4.78, 5) is 10.8. The molecule has 3 aromatic rings. The van der Waals surface area contributed by atoms with Crippen LogP contribution in [0.5, 0.6) is 11.5 Å². The lowest BCUT2D eigenvalue weighted by atomic mass is 10.0. The van der Waals surface area contributed by atoms with Gasteiger partial charge in [0.1, 0.15) is 12.1 Å². The molecule has 0 spiro atoms. The van der Waals surface area contributed by atoms with E-state index in [0.717, 1.165) is 42.5 Å². The van der Waals surface area contributed by atoms with Crippen LogP contribution in [0.1, 0.15) is 12.8 Å². The Hall–Kier alpha value is -2.15. The number of ether oxygens (including phenoxy) is 2. The van der Waals surface area contributed by atoms with Crippen molar-refractivity contribution >= 4 is 58.0 Å². The highest BCUT2D eigenvalue weighted by atomic mass is 35.5. The molecule has 1 saturated heterocycles. The van der Waals surface area contributed by atoms with Crippen LogP contribution < -0.4 is 20.1 Å². The second-order valence-corrected chi connectivity index (χ2v) is 8.83. The van der Waals surface area contributed by atoms with Crippen molar-refractivity contribution in [2.24, 2.45) is 11.8 Å². The van der Waals surface area contributed by atoms with E-state index in [1.807, 2.05) is 30.3 Å². The molecule has 2 aliphatic rings. The molecule has 9 heteroatoms. The van der Waals surface area contributed by atoms with Crippen LogP contribution in [0, 0.1) is 11.8 Å². The minimum absolute atomic E-state index is 0. The Morgan fingerprint density at radius 1 is 1.00 bits per heavy atom. The molecule has 2 heterocycles. The molecule has 2 unspecified atom stereocenters. The second kappa shape index (κ2) is 8.77. The van der Waals surface area contributed by atoms with Gasteiger partial charge in [-0.15, -0.1) is 12.4 Å². The molecule has 0 bridgehead atoms. The second-order valence-electron chi connectivity index (χ2n) is 8.01. The number of hydrogen-bond acceptors (Lipinski definition) is 6. The molecule has 31 heavy (non-hydrogen) atoms. The van der Waals surface area contributed by atoms with Gasteiger partial charge in [0.15, 0.2) is 11.5 Å². The van der Waals surface area contributed by atoms with Crippen molar-refractivity contribution in [2.45, 2.75) is 18.9 Å². The van der Waals surface area contributed by atoms with Gasteiger partial charge in [0.2, 0.25) is 0 Å². The quantitative estimate of drug-likeness (QED) is 0.549. The van der Waals surface area contributed by atoms with Crippen LogP contribution in [-0.4, -0.2) is 36.3 Å². The average Bonchev–Trinajstić information content (AvgIpc) is 3.28. The SMILES string of the molecule is COc1cc2c(N)ncnc2cc1OC1CC2CN(c3ccc(Cl)c(Cl)c3)CC2C1.Cl. The van der Waals surface area contributed by atoms with Gasteiger partial charge in [-0.3, -0.25) is 0 Å². The van der Waals surface area contributed by atoms with E-state index in [1.165, 1.54) is 6.33 Å². The molecule has 2 atom stereocenters. The number of fused-ring (bicyclic) bond motifs is 2. The van der Waals surface area contributed by atoms with E-state index in [4.69, 9.17) is 38.4 Å². The van der Waals surface area contributed by atoms with Crippen LogP contribution in [0.2, 0.25) is 10.0 Å². The predicted molar refractivity (Wildman–Crippen MR) is 127 cm³/mol. The third-order valence-electron chi connectivity index (χ3n) is 6.22. The van der Waals surface area contributed by atoms with Crippen LogP contribution in [0.4, 0.5) is 11.5 Å². The van der Waals surface area contributed by atoms with Gasteiger partial charge in [0.05, 0.1) is 28.8 Å². The minimum Gasteiger partial charge on any atom is -0.493 e. The number of nitrogens with zero attached hydrogens (tertiary/aromatic N) is 3. The van der Waals surface area contributed by atoms with Crippen molar-refractivity contribution in [2.75, 3.05) is 30.8 Å². The lowest BCUT2D eigenvalue weighted by Crippen LogP contribution is -2.24.